The van der Waals surface area contributed by atoms with Crippen LogP contribution < -0.4 is 14.8 Å². The number of benzene rings is 2. The summed E-state index contributed by atoms with van der Waals surface area (Å²) in [6.45, 7) is 1.60. The van der Waals surface area contributed by atoms with Crippen LogP contribution in [0, 0.1) is 5.82 Å². The number of hydrogen-bond acceptors (Lipinski definition) is 4. The third kappa shape index (κ3) is 4.47. The number of aromatic nitrogens is 2. The van der Waals surface area contributed by atoms with Gasteiger partial charge in [0.05, 0.1) is 32.0 Å². The molecule has 164 valence electrons. The van der Waals surface area contributed by atoms with Crippen molar-refractivity contribution in [3.05, 3.63) is 71.3 Å². The molecule has 0 saturated carbocycles. The summed E-state index contributed by atoms with van der Waals surface area (Å²) in [5.41, 5.74) is -1.92. The molecule has 3 aromatic rings. The number of methoxy groups -OCH3 is 2. The van der Waals surface area contributed by atoms with Gasteiger partial charge < -0.3 is 14.8 Å². The number of ether oxygens (including phenoxy) is 2. The smallest absolute Gasteiger partial charge is 0.434 e. The molecule has 0 aliphatic heterocycles. The predicted molar refractivity (Wildman–Crippen MR) is 104 cm³/mol. The quantitative estimate of drug-likeness (QED) is 0.575. The SMILES string of the molecule is COc1ccc(C(C)NC(=O)c2cnn(-c3ccccc3F)c2C(F)(F)F)cc1OC. The van der Waals surface area contributed by atoms with E-state index in [1.165, 1.54) is 26.4 Å². The molecule has 2 aromatic carbocycles. The molecule has 0 aliphatic carbocycles. The first-order valence-corrected chi connectivity index (χ1v) is 9.10. The van der Waals surface area contributed by atoms with Gasteiger partial charge in [-0.05, 0) is 36.8 Å². The van der Waals surface area contributed by atoms with Crippen molar-refractivity contribution in [2.75, 3.05) is 14.2 Å². The summed E-state index contributed by atoms with van der Waals surface area (Å²) in [6.07, 6.45) is -4.18. The third-order valence-electron chi connectivity index (χ3n) is 4.62. The topological polar surface area (TPSA) is 65.4 Å². The summed E-state index contributed by atoms with van der Waals surface area (Å²) in [4.78, 5) is 12.7. The van der Waals surface area contributed by atoms with Crippen molar-refractivity contribution >= 4 is 5.91 Å². The number of alkyl halides is 3. The molecule has 6 nitrogen and oxygen atoms in total. The normalized spacial score (nSPS) is 12.4. The van der Waals surface area contributed by atoms with Gasteiger partial charge in [-0.15, -0.1) is 0 Å². The maximum Gasteiger partial charge on any atom is 0.434 e. The van der Waals surface area contributed by atoms with Crippen LogP contribution >= 0.6 is 0 Å². The number of amides is 1. The Kier molecular flexibility index (Phi) is 6.19. The number of rotatable bonds is 6. The van der Waals surface area contributed by atoms with Gasteiger partial charge in [-0.3, -0.25) is 4.79 Å². The van der Waals surface area contributed by atoms with Crippen LogP contribution in [0.5, 0.6) is 11.5 Å². The number of nitrogens with zero attached hydrogens (tertiary/aromatic N) is 2. The lowest BCUT2D eigenvalue weighted by Gasteiger charge is -2.17. The van der Waals surface area contributed by atoms with Crippen LogP contribution in [0.2, 0.25) is 0 Å². The van der Waals surface area contributed by atoms with Gasteiger partial charge >= 0.3 is 6.18 Å². The van der Waals surface area contributed by atoms with Crippen LogP contribution in [0.15, 0.2) is 48.7 Å². The molecular formula is C21H19F4N3O3. The summed E-state index contributed by atoms with van der Waals surface area (Å²) in [5.74, 6) is -1.03. The Bertz CT molecular complexity index is 1100. The number of nitrogens with one attached hydrogen (secondary N) is 1. The molecule has 1 unspecified atom stereocenters. The van der Waals surface area contributed by atoms with Gasteiger partial charge in [0.2, 0.25) is 0 Å². The summed E-state index contributed by atoms with van der Waals surface area (Å²) in [6, 6.07) is 9.09. The van der Waals surface area contributed by atoms with Gasteiger partial charge in [0.15, 0.2) is 17.2 Å². The molecule has 0 bridgehead atoms. The first kappa shape index (κ1) is 22.1. The second-order valence-electron chi connectivity index (χ2n) is 6.58. The lowest BCUT2D eigenvalue weighted by Crippen LogP contribution is -2.29. The lowest BCUT2D eigenvalue weighted by molar-refractivity contribution is -0.143. The van der Waals surface area contributed by atoms with Gasteiger partial charge in [-0.25, -0.2) is 9.07 Å². The number of carbonyl (C=O) groups is 1. The van der Waals surface area contributed by atoms with Crippen LogP contribution in [-0.4, -0.2) is 29.9 Å². The van der Waals surface area contributed by atoms with E-state index in [1.54, 1.807) is 25.1 Å². The average Bonchev–Trinajstić information content (AvgIpc) is 3.19. The van der Waals surface area contributed by atoms with E-state index in [2.05, 4.69) is 10.4 Å². The van der Waals surface area contributed by atoms with E-state index in [9.17, 15) is 22.4 Å². The molecule has 31 heavy (non-hydrogen) atoms. The van der Waals surface area contributed by atoms with E-state index >= 15 is 0 Å². The molecule has 0 saturated heterocycles. The fraction of sp³-hybridized carbons (Fsp3) is 0.238. The van der Waals surface area contributed by atoms with Crippen LogP contribution in [0.25, 0.3) is 5.69 Å². The maximum atomic E-state index is 14.1. The summed E-state index contributed by atoms with van der Waals surface area (Å²) >= 11 is 0. The van der Waals surface area contributed by atoms with Crippen molar-refractivity contribution in [2.45, 2.75) is 19.1 Å². The Balaban J connectivity index is 1.94. The fourth-order valence-corrected chi connectivity index (χ4v) is 3.07. The minimum Gasteiger partial charge on any atom is -0.493 e. The van der Waals surface area contributed by atoms with Crippen molar-refractivity contribution in [2.24, 2.45) is 0 Å². The summed E-state index contributed by atoms with van der Waals surface area (Å²) in [7, 11) is 2.91. The average molecular weight is 437 g/mol. The molecular weight excluding hydrogens is 418 g/mol. The van der Waals surface area contributed by atoms with E-state index in [1.807, 2.05) is 0 Å². The lowest BCUT2D eigenvalue weighted by atomic mass is 10.1. The van der Waals surface area contributed by atoms with E-state index in [4.69, 9.17) is 9.47 Å². The highest BCUT2D eigenvalue weighted by molar-refractivity contribution is 5.95. The highest BCUT2D eigenvalue weighted by Gasteiger charge is 2.41. The number of para-hydroxylation sites is 1. The first-order chi connectivity index (χ1) is 14.7. The van der Waals surface area contributed by atoms with Crippen LogP contribution in [0.4, 0.5) is 17.6 Å². The molecule has 1 amide bonds. The minimum absolute atomic E-state index is 0.380. The summed E-state index contributed by atoms with van der Waals surface area (Å²) in [5, 5.41) is 6.13. The molecule has 3 rings (SSSR count). The molecule has 1 aromatic heterocycles. The van der Waals surface area contributed by atoms with Crippen LogP contribution in [-0.2, 0) is 6.18 Å². The van der Waals surface area contributed by atoms with Crippen molar-refractivity contribution in [3.63, 3.8) is 0 Å². The molecule has 0 radical (unpaired) electrons. The standard InChI is InChI=1S/C21H19F4N3O3/c1-12(13-8-9-17(30-2)18(10-13)31-3)27-20(29)14-11-26-28(19(14)21(23,24)25)16-7-5-4-6-15(16)22/h4-12H,1-3H3,(H,27,29). The molecule has 0 aliphatic rings. The Labute approximate surface area is 175 Å². The summed E-state index contributed by atoms with van der Waals surface area (Å²) < 4.78 is 66.1. The Morgan fingerprint density at radius 1 is 1.10 bits per heavy atom. The van der Waals surface area contributed by atoms with E-state index in [0.717, 1.165) is 18.3 Å². The Hall–Kier alpha value is -3.56. The maximum absolute atomic E-state index is 14.1. The fourth-order valence-electron chi connectivity index (χ4n) is 3.07. The van der Waals surface area contributed by atoms with Gasteiger partial charge in [0.1, 0.15) is 11.5 Å². The first-order valence-electron chi connectivity index (χ1n) is 9.10. The molecule has 0 fully saturated rings. The number of carbonyl (C=O) groups excluding carboxylic acids is 1. The number of halogens is 4. The minimum atomic E-state index is -4.95. The Morgan fingerprint density at radius 2 is 1.77 bits per heavy atom. The van der Waals surface area contributed by atoms with Crippen LogP contribution in [0.3, 0.4) is 0 Å². The third-order valence-corrected chi connectivity index (χ3v) is 4.62. The van der Waals surface area contributed by atoms with Crippen LogP contribution in [0.1, 0.15) is 34.6 Å². The zero-order chi connectivity index (χ0) is 22.8. The van der Waals surface area contributed by atoms with E-state index in [0.29, 0.717) is 21.7 Å². The van der Waals surface area contributed by atoms with Gasteiger partial charge in [0, 0.05) is 0 Å². The monoisotopic (exact) mass is 437 g/mol. The predicted octanol–water partition coefficient (Wildman–Crippen LogP) is 4.54. The van der Waals surface area contributed by atoms with E-state index < -0.39 is 40.9 Å². The zero-order valence-corrected chi connectivity index (χ0v) is 16.8. The van der Waals surface area contributed by atoms with Gasteiger partial charge in [0.25, 0.3) is 5.91 Å². The van der Waals surface area contributed by atoms with Crippen molar-refractivity contribution in [1.82, 2.24) is 15.1 Å². The highest BCUT2D eigenvalue weighted by Crippen LogP contribution is 2.35. The molecule has 1 atom stereocenters. The molecule has 10 heteroatoms. The second kappa shape index (κ2) is 8.66. The van der Waals surface area contributed by atoms with Crippen molar-refractivity contribution in [3.8, 4) is 17.2 Å². The molecule has 1 N–H and O–H groups in total. The molecule has 0 spiro atoms. The molecule has 1 heterocycles. The van der Waals surface area contributed by atoms with Crippen molar-refractivity contribution < 1.29 is 31.8 Å². The number of hydrogen-bond donors (Lipinski definition) is 1. The van der Waals surface area contributed by atoms with Crippen molar-refractivity contribution in [1.29, 1.82) is 0 Å². The van der Waals surface area contributed by atoms with E-state index in [-0.39, 0.29) is 0 Å². The zero-order valence-electron chi connectivity index (χ0n) is 16.8. The Morgan fingerprint density at radius 3 is 2.39 bits per heavy atom. The largest absolute Gasteiger partial charge is 0.493 e. The highest BCUT2D eigenvalue weighted by atomic mass is 19.4. The van der Waals surface area contributed by atoms with Gasteiger partial charge in [-0.2, -0.15) is 18.3 Å². The second-order valence-corrected chi connectivity index (χ2v) is 6.58. The van der Waals surface area contributed by atoms with Gasteiger partial charge in [-0.1, -0.05) is 18.2 Å².